The fraction of sp³-hybridized carbons (Fsp3) is 0.0400. The van der Waals surface area contributed by atoms with E-state index in [1.807, 2.05) is 0 Å². The molecule has 0 unspecified atom stereocenters. The molecule has 0 spiro atoms. The molecule has 14 aromatic rings. The molecule has 0 N–H and O–H groups in total. The average Bonchev–Trinajstić information content (AvgIpc) is 4.21. The van der Waals surface area contributed by atoms with Crippen LogP contribution in [0.3, 0.4) is 0 Å². The molecule has 0 radical (unpaired) electrons. The zero-order chi connectivity index (χ0) is 51.2. The largest absolute Gasteiger partial charge is 0.309 e. The van der Waals surface area contributed by atoms with Crippen molar-refractivity contribution >= 4 is 89.5 Å². The van der Waals surface area contributed by atoms with Crippen molar-refractivity contribution in [2.75, 3.05) is 0 Å². The molecule has 0 saturated carbocycles. The summed E-state index contributed by atoms with van der Waals surface area (Å²) in [7, 11) is 0. The molecule has 362 valence electrons. The maximum atomic E-state index is 2.42. The van der Waals surface area contributed by atoms with Gasteiger partial charge in [0.1, 0.15) is 0 Å². The molecule has 1 aliphatic rings. The van der Waals surface area contributed by atoms with Gasteiger partial charge in [0.15, 0.2) is 0 Å². The lowest BCUT2D eigenvalue weighted by Gasteiger charge is -2.22. The maximum absolute atomic E-state index is 2.42. The van der Waals surface area contributed by atoms with Gasteiger partial charge in [-0.15, -0.1) is 0 Å². The lowest BCUT2D eigenvalue weighted by Crippen LogP contribution is -2.15. The van der Waals surface area contributed by atoms with Crippen molar-refractivity contribution in [2.45, 2.75) is 19.3 Å². The van der Waals surface area contributed by atoms with Crippen molar-refractivity contribution in [3.8, 4) is 44.8 Å². The number of para-hydroxylation sites is 2. The molecule has 0 amide bonds. The first kappa shape index (κ1) is 44.7. The van der Waals surface area contributed by atoms with Crippen LogP contribution in [0.15, 0.2) is 255 Å². The Kier molecular flexibility index (Phi) is 10.3. The number of fused-ring (bicyclic) bond motifs is 11. The molecule has 0 saturated heterocycles. The predicted molar refractivity (Wildman–Crippen MR) is 329 cm³/mol. The number of rotatable bonds is 8. The monoisotopic (exact) mass is 980 g/mol. The minimum atomic E-state index is -0.146. The summed E-state index contributed by atoms with van der Waals surface area (Å²) in [6, 6.07) is 93.9. The molecule has 0 bridgehead atoms. The first-order valence-electron chi connectivity index (χ1n) is 26.8. The third-order valence-corrected chi connectivity index (χ3v) is 16.5. The van der Waals surface area contributed by atoms with Gasteiger partial charge in [-0.05, 0) is 138 Å². The van der Waals surface area contributed by atoms with E-state index in [1.54, 1.807) is 0 Å². The van der Waals surface area contributed by atoms with Crippen LogP contribution >= 0.6 is 0 Å². The molecule has 15 rings (SSSR count). The number of aromatic nitrogens is 2. The van der Waals surface area contributed by atoms with Crippen molar-refractivity contribution in [3.05, 3.63) is 288 Å². The SMILES string of the molecule is CC1(C)c2cc(-c3ccc(C=Cc4ccc5c(c4)c4ccccc4n5-c4cccc5ccccc45)cc3)ccc2-c2ccc(-c3ccc(C=Cc4ccc5c(c4)c4ccccc4n5-c4cccc5ccccc45)cc3)cc21. The summed E-state index contributed by atoms with van der Waals surface area (Å²) in [5.74, 6) is 0. The highest BCUT2D eigenvalue weighted by Gasteiger charge is 2.36. The minimum Gasteiger partial charge on any atom is -0.309 e. The van der Waals surface area contributed by atoms with E-state index in [0.29, 0.717) is 0 Å². The summed E-state index contributed by atoms with van der Waals surface area (Å²) in [6.45, 7) is 4.76. The predicted octanol–water partition coefficient (Wildman–Crippen LogP) is 20.2. The van der Waals surface area contributed by atoms with Gasteiger partial charge in [-0.25, -0.2) is 0 Å². The molecule has 77 heavy (non-hydrogen) atoms. The van der Waals surface area contributed by atoms with E-state index >= 15 is 0 Å². The quantitative estimate of drug-likeness (QED) is 0.134. The van der Waals surface area contributed by atoms with Crippen LogP contribution in [0.5, 0.6) is 0 Å². The van der Waals surface area contributed by atoms with Gasteiger partial charge in [-0.3, -0.25) is 0 Å². The van der Waals surface area contributed by atoms with E-state index in [2.05, 4.69) is 302 Å². The number of benzene rings is 12. The van der Waals surface area contributed by atoms with Gasteiger partial charge in [0.2, 0.25) is 0 Å². The van der Waals surface area contributed by atoms with E-state index in [4.69, 9.17) is 0 Å². The third-order valence-electron chi connectivity index (χ3n) is 16.5. The Bertz CT molecular complexity index is 4430. The Labute approximate surface area is 448 Å². The zero-order valence-electron chi connectivity index (χ0n) is 43.0. The summed E-state index contributed by atoms with van der Waals surface area (Å²) < 4.78 is 4.84. The van der Waals surface area contributed by atoms with Crippen LogP contribution in [0.2, 0.25) is 0 Å². The molecule has 0 atom stereocenters. The highest BCUT2D eigenvalue weighted by atomic mass is 15.0. The molecule has 2 heteroatoms. The second kappa shape index (κ2) is 17.7. The average molecular weight is 981 g/mol. The van der Waals surface area contributed by atoms with E-state index < -0.39 is 0 Å². The van der Waals surface area contributed by atoms with Gasteiger partial charge in [0, 0.05) is 37.7 Å². The Balaban J connectivity index is 0.657. The van der Waals surface area contributed by atoms with Crippen LogP contribution in [0.1, 0.15) is 47.2 Å². The molecule has 2 heterocycles. The topological polar surface area (TPSA) is 9.86 Å². The molecule has 12 aromatic carbocycles. The van der Waals surface area contributed by atoms with Crippen molar-refractivity contribution in [3.63, 3.8) is 0 Å². The summed E-state index contributed by atoms with van der Waals surface area (Å²) in [4.78, 5) is 0. The zero-order valence-corrected chi connectivity index (χ0v) is 43.0. The Hall–Kier alpha value is -9.76. The van der Waals surface area contributed by atoms with E-state index in [0.717, 1.165) is 0 Å². The van der Waals surface area contributed by atoms with Crippen molar-refractivity contribution in [2.24, 2.45) is 0 Å². The van der Waals surface area contributed by atoms with E-state index in [1.165, 1.54) is 143 Å². The molecule has 0 fully saturated rings. The Morgan fingerprint density at radius 2 is 0.623 bits per heavy atom. The van der Waals surface area contributed by atoms with Crippen molar-refractivity contribution in [1.29, 1.82) is 0 Å². The minimum absolute atomic E-state index is 0.146. The molecular weight excluding hydrogens is 929 g/mol. The maximum Gasteiger partial charge on any atom is 0.0541 e. The van der Waals surface area contributed by atoms with Gasteiger partial charge in [-0.1, -0.05) is 232 Å². The number of hydrogen-bond donors (Lipinski definition) is 0. The lowest BCUT2D eigenvalue weighted by atomic mass is 9.81. The van der Waals surface area contributed by atoms with Crippen LogP contribution < -0.4 is 0 Å². The van der Waals surface area contributed by atoms with Gasteiger partial charge in [-0.2, -0.15) is 0 Å². The van der Waals surface area contributed by atoms with Crippen LogP contribution in [-0.4, -0.2) is 9.13 Å². The smallest absolute Gasteiger partial charge is 0.0541 e. The Morgan fingerprint density at radius 3 is 1.08 bits per heavy atom. The standard InChI is InChI=1S/C75H52N2/c1-75(2)67-47-57(53-35-29-49(30-36-53)25-27-51-33-43-73-65(45-51)63-19-7-9-21-71(63)76(73)69-23-11-15-55-13-3-5-17-59(55)69)39-41-61(67)62-42-40-58(48-68(62)75)54-37-31-50(32-38-54)26-28-52-34-44-74-66(46-52)64-20-8-10-22-72(64)77(74)70-24-12-16-56-14-4-6-18-60(56)70/h3-48H,1-2H3. The highest BCUT2D eigenvalue weighted by molar-refractivity contribution is 6.12. The third kappa shape index (κ3) is 7.40. The first-order valence-corrected chi connectivity index (χ1v) is 26.8. The van der Waals surface area contributed by atoms with Crippen LogP contribution in [0.4, 0.5) is 0 Å². The Morgan fingerprint density at radius 1 is 0.273 bits per heavy atom. The second-order valence-electron chi connectivity index (χ2n) is 21.3. The van der Waals surface area contributed by atoms with E-state index in [9.17, 15) is 0 Å². The normalized spacial score (nSPS) is 13.1. The summed E-state index contributed by atoms with van der Waals surface area (Å²) in [6.07, 6.45) is 8.94. The van der Waals surface area contributed by atoms with Gasteiger partial charge >= 0.3 is 0 Å². The van der Waals surface area contributed by atoms with Gasteiger partial charge in [0.05, 0.1) is 33.4 Å². The van der Waals surface area contributed by atoms with E-state index in [-0.39, 0.29) is 5.41 Å². The lowest BCUT2D eigenvalue weighted by molar-refractivity contribution is 0.661. The molecule has 2 nitrogen and oxygen atoms in total. The van der Waals surface area contributed by atoms with Crippen LogP contribution in [-0.2, 0) is 5.41 Å². The summed E-state index contributed by atoms with van der Waals surface area (Å²) >= 11 is 0. The first-order chi connectivity index (χ1) is 37.9. The number of hydrogen-bond acceptors (Lipinski definition) is 0. The molecule has 2 aromatic heterocycles. The second-order valence-corrected chi connectivity index (χ2v) is 21.3. The summed E-state index contributed by atoms with van der Waals surface area (Å²) in [5.41, 5.74) is 22.2. The molecule has 1 aliphatic carbocycles. The molecular formula is C75H52N2. The summed E-state index contributed by atoms with van der Waals surface area (Å²) in [5, 5.41) is 10.0. The van der Waals surface area contributed by atoms with Gasteiger partial charge in [0.25, 0.3) is 0 Å². The fourth-order valence-corrected chi connectivity index (χ4v) is 12.6. The van der Waals surface area contributed by atoms with Crippen LogP contribution in [0, 0.1) is 0 Å². The van der Waals surface area contributed by atoms with Gasteiger partial charge < -0.3 is 9.13 Å². The fourth-order valence-electron chi connectivity index (χ4n) is 12.6. The number of nitrogens with zero attached hydrogens (tertiary/aromatic N) is 2. The van der Waals surface area contributed by atoms with Crippen molar-refractivity contribution < 1.29 is 0 Å². The molecule has 0 aliphatic heterocycles. The van der Waals surface area contributed by atoms with Crippen LogP contribution in [0.25, 0.3) is 134 Å². The highest BCUT2D eigenvalue weighted by Crippen LogP contribution is 2.51. The van der Waals surface area contributed by atoms with Crippen molar-refractivity contribution in [1.82, 2.24) is 9.13 Å².